The molecule has 0 radical (unpaired) electrons. The van der Waals surface area contributed by atoms with Gasteiger partial charge in [-0.2, -0.15) is 0 Å². The highest BCUT2D eigenvalue weighted by atomic mass is 14.2. The molecule has 0 aliphatic carbocycles. The summed E-state index contributed by atoms with van der Waals surface area (Å²) in [6.45, 7) is 4.61. The Hall–Kier alpha value is -1.30. The minimum Gasteiger partial charge on any atom is -0.0654 e. The van der Waals surface area contributed by atoms with Crippen molar-refractivity contribution in [2.75, 3.05) is 0 Å². The van der Waals surface area contributed by atoms with E-state index in [-0.39, 0.29) is 0 Å². The Kier molecular flexibility index (Phi) is 10.5. The molecule has 0 aromatic heterocycles. The lowest BCUT2D eigenvalue weighted by atomic mass is 9.88. The van der Waals surface area contributed by atoms with Crippen molar-refractivity contribution >= 4 is 10.8 Å². The second-order valence-corrected chi connectivity index (χ2v) is 8.16. The molecule has 0 bridgehead atoms. The molecule has 0 nitrogen and oxygen atoms in total. The summed E-state index contributed by atoms with van der Waals surface area (Å²) in [5.74, 6) is 0.874. The van der Waals surface area contributed by atoms with E-state index in [9.17, 15) is 0 Å². The average Bonchev–Trinajstić information content (AvgIpc) is 2.67. The van der Waals surface area contributed by atoms with Crippen LogP contribution in [0.25, 0.3) is 10.8 Å². The SMILES string of the molecule is CCCCCCCCC(CCCCCC)Cc1ccc2ccccc2c1. The van der Waals surface area contributed by atoms with Crippen LogP contribution in [0.5, 0.6) is 0 Å². The molecule has 0 aliphatic heterocycles. The first-order valence-electron chi connectivity index (χ1n) is 11.3. The molecule has 0 amide bonds. The van der Waals surface area contributed by atoms with Crippen LogP contribution in [-0.2, 0) is 6.42 Å². The topological polar surface area (TPSA) is 0 Å². The number of benzene rings is 2. The highest BCUT2D eigenvalue weighted by Crippen LogP contribution is 2.25. The van der Waals surface area contributed by atoms with Gasteiger partial charge in [-0.25, -0.2) is 0 Å². The zero-order valence-electron chi connectivity index (χ0n) is 17.3. The summed E-state index contributed by atoms with van der Waals surface area (Å²) < 4.78 is 0. The van der Waals surface area contributed by atoms with Crippen LogP contribution in [0, 0.1) is 5.92 Å². The molecule has 144 valence electrons. The van der Waals surface area contributed by atoms with Crippen LogP contribution in [0.15, 0.2) is 42.5 Å². The smallest absolute Gasteiger partial charge is 0.0181 e. The van der Waals surface area contributed by atoms with E-state index in [0.717, 1.165) is 5.92 Å². The Bertz CT molecular complexity index is 598. The minimum absolute atomic E-state index is 0.874. The lowest BCUT2D eigenvalue weighted by Crippen LogP contribution is -2.05. The van der Waals surface area contributed by atoms with Crippen LogP contribution in [0.3, 0.4) is 0 Å². The Morgan fingerprint density at radius 2 is 1.19 bits per heavy atom. The third-order valence-electron chi connectivity index (χ3n) is 5.77. The van der Waals surface area contributed by atoms with Gasteiger partial charge in [-0.3, -0.25) is 0 Å². The van der Waals surface area contributed by atoms with E-state index in [0.29, 0.717) is 0 Å². The van der Waals surface area contributed by atoms with E-state index in [1.54, 1.807) is 0 Å². The van der Waals surface area contributed by atoms with Crippen LogP contribution in [-0.4, -0.2) is 0 Å². The number of hydrogen-bond donors (Lipinski definition) is 0. The van der Waals surface area contributed by atoms with Gasteiger partial charge in [-0.15, -0.1) is 0 Å². The zero-order chi connectivity index (χ0) is 18.5. The average molecular weight is 353 g/mol. The molecule has 2 rings (SSSR count). The monoisotopic (exact) mass is 352 g/mol. The Labute approximate surface area is 162 Å². The summed E-state index contributed by atoms with van der Waals surface area (Å²) in [5.41, 5.74) is 1.54. The molecule has 2 aromatic rings. The van der Waals surface area contributed by atoms with Gasteiger partial charge in [0.05, 0.1) is 0 Å². The van der Waals surface area contributed by atoms with Gasteiger partial charge < -0.3 is 0 Å². The van der Waals surface area contributed by atoms with Gasteiger partial charge in [-0.05, 0) is 28.7 Å². The Morgan fingerprint density at radius 1 is 0.615 bits per heavy atom. The lowest BCUT2D eigenvalue weighted by Gasteiger charge is -2.17. The van der Waals surface area contributed by atoms with Crippen molar-refractivity contribution in [1.29, 1.82) is 0 Å². The number of hydrogen-bond acceptors (Lipinski definition) is 0. The third kappa shape index (κ3) is 7.94. The largest absolute Gasteiger partial charge is 0.0654 e. The van der Waals surface area contributed by atoms with Gasteiger partial charge in [-0.1, -0.05) is 133 Å². The van der Waals surface area contributed by atoms with Crippen LogP contribution in [0.1, 0.15) is 96.5 Å². The Morgan fingerprint density at radius 3 is 1.88 bits per heavy atom. The van der Waals surface area contributed by atoms with Crippen LogP contribution in [0.2, 0.25) is 0 Å². The van der Waals surface area contributed by atoms with Gasteiger partial charge in [0.1, 0.15) is 0 Å². The molecule has 1 unspecified atom stereocenters. The first-order chi connectivity index (χ1) is 12.8. The van der Waals surface area contributed by atoms with Crippen molar-refractivity contribution < 1.29 is 0 Å². The van der Waals surface area contributed by atoms with Crippen LogP contribution < -0.4 is 0 Å². The molecular weight excluding hydrogens is 312 g/mol. The normalized spacial score (nSPS) is 12.5. The van der Waals surface area contributed by atoms with Crippen molar-refractivity contribution in [2.45, 2.75) is 97.3 Å². The maximum absolute atomic E-state index is 2.43. The molecule has 0 saturated carbocycles. The highest BCUT2D eigenvalue weighted by Gasteiger charge is 2.10. The molecule has 0 fully saturated rings. The van der Waals surface area contributed by atoms with Gasteiger partial charge in [0.2, 0.25) is 0 Å². The fourth-order valence-corrected chi connectivity index (χ4v) is 4.12. The fourth-order valence-electron chi connectivity index (χ4n) is 4.12. The van der Waals surface area contributed by atoms with E-state index in [1.165, 1.54) is 99.8 Å². The molecule has 0 spiro atoms. The maximum atomic E-state index is 2.43. The van der Waals surface area contributed by atoms with Crippen molar-refractivity contribution in [2.24, 2.45) is 5.92 Å². The quantitative estimate of drug-likeness (QED) is 0.298. The van der Waals surface area contributed by atoms with Crippen molar-refractivity contribution in [3.63, 3.8) is 0 Å². The zero-order valence-corrected chi connectivity index (χ0v) is 17.3. The lowest BCUT2D eigenvalue weighted by molar-refractivity contribution is 0.402. The molecule has 0 aliphatic rings. The van der Waals surface area contributed by atoms with Crippen LogP contribution >= 0.6 is 0 Å². The summed E-state index contributed by atoms with van der Waals surface area (Å²) >= 11 is 0. The molecule has 2 aromatic carbocycles. The summed E-state index contributed by atoms with van der Waals surface area (Å²) in [4.78, 5) is 0. The van der Waals surface area contributed by atoms with E-state index >= 15 is 0 Å². The van der Waals surface area contributed by atoms with Crippen LogP contribution in [0.4, 0.5) is 0 Å². The summed E-state index contributed by atoms with van der Waals surface area (Å²) in [5, 5.41) is 2.76. The van der Waals surface area contributed by atoms with Crippen molar-refractivity contribution in [3.05, 3.63) is 48.0 Å². The van der Waals surface area contributed by atoms with Gasteiger partial charge in [0.15, 0.2) is 0 Å². The summed E-state index contributed by atoms with van der Waals surface area (Å²) in [7, 11) is 0. The highest BCUT2D eigenvalue weighted by molar-refractivity contribution is 5.82. The summed E-state index contributed by atoms with van der Waals surface area (Å²) in [6.07, 6.45) is 18.2. The van der Waals surface area contributed by atoms with Gasteiger partial charge in [0, 0.05) is 0 Å². The molecule has 26 heavy (non-hydrogen) atoms. The molecule has 1 atom stereocenters. The molecule has 0 saturated heterocycles. The molecular formula is C26H40. The first-order valence-corrected chi connectivity index (χ1v) is 11.3. The maximum Gasteiger partial charge on any atom is -0.0181 e. The number of unbranched alkanes of at least 4 members (excludes halogenated alkanes) is 8. The molecule has 0 N–H and O–H groups in total. The second kappa shape index (κ2) is 13.0. The minimum atomic E-state index is 0.874. The number of fused-ring (bicyclic) bond motifs is 1. The van der Waals surface area contributed by atoms with Gasteiger partial charge >= 0.3 is 0 Å². The van der Waals surface area contributed by atoms with Crippen molar-refractivity contribution in [1.82, 2.24) is 0 Å². The van der Waals surface area contributed by atoms with E-state index in [4.69, 9.17) is 0 Å². The van der Waals surface area contributed by atoms with E-state index < -0.39 is 0 Å². The predicted octanol–water partition coefficient (Wildman–Crippen LogP) is 8.72. The predicted molar refractivity (Wildman–Crippen MR) is 118 cm³/mol. The summed E-state index contributed by atoms with van der Waals surface area (Å²) in [6, 6.07) is 15.9. The molecule has 0 heteroatoms. The molecule has 0 heterocycles. The first kappa shape index (κ1) is 21.0. The second-order valence-electron chi connectivity index (χ2n) is 8.16. The fraction of sp³-hybridized carbons (Fsp3) is 0.615. The standard InChI is InChI=1S/C26H40/c1-3-5-7-9-10-12-16-23(15-11-8-6-4-2)21-24-19-20-25-17-13-14-18-26(25)22-24/h13-14,17-20,22-23H,3-12,15-16,21H2,1-2H3. The van der Waals surface area contributed by atoms with E-state index in [1.807, 2.05) is 0 Å². The Balaban J connectivity index is 1.86. The third-order valence-corrected chi connectivity index (χ3v) is 5.77. The number of rotatable bonds is 14. The van der Waals surface area contributed by atoms with E-state index in [2.05, 4.69) is 56.3 Å². The van der Waals surface area contributed by atoms with Gasteiger partial charge in [0.25, 0.3) is 0 Å². The van der Waals surface area contributed by atoms with Crippen molar-refractivity contribution in [3.8, 4) is 0 Å².